The summed E-state index contributed by atoms with van der Waals surface area (Å²) < 4.78 is 0. The molecule has 2 rings (SSSR count). The van der Waals surface area contributed by atoms with Crippen molar-refractivity contribution in [3.63, 3.8) is 0 Å². The van der Waals surface area contributed by atoms with Crippen molar-refractivity contribution in [1.29, 1.82) is 0 Å². The molecule has 1 heterocycles. The molecule has 0 atom stereocenters. The van der Waals surface area contributed by atoms with Crippen LogP contribution in [0.1, 0.15) is 115 Å². The fourth-order valence-electron chi connectivity index (χ4n) is 4.57. The van der Waals surface area contributed by atoms with Crippen LogP contribution in [0.3, 0.4) is 0 Å². The lowest BCUT2D eigenvalue weighted by molar-refractivity contribution is -0.121. The maximum absolute atomic E-state index is 12.1. The summed E-state index contributed by atoms with van der Waals surface area (Å²) in [7, 11) is 0. The van der Waals surface area contributed by atoms with E-state index < -0.39 is 0 Å². The van der Waals surface area contributed by atoms with Crippen molar-refractivity contribution >= 4 is 16.8 Å². The lowest BCUT2D eigenvalue weighted by Crippen LogP contribution is -2.25. The Morgan fingerprint density at radius 2 is 1.43 bits per heavy atom. The van der Waals surface area contributed by atoms with Crippen LogP contribution >= 0.6 is 0 Å². The number of fused-ring (bicyclic) bond motifs is 1. The minimum absolute atomic E-state index is 0.196. The van der Waals surface area contributed by atoms with E-state index in [0.717, 1.165) is 24.8 Å². The molecule has 0 saturated carbocycles. The van der Waals surface area contributed by atoms with Gasteiger partial charge in [0.05, 0.1) is 0 Å². The molecule has 0 unspecified atom stereocenters. The smallest absolute Gasteiger partial charge is 0.220 e. The van der Waals surface area contributed by atoms with E-state index in [1.165, 1.54) is 94.4 Å². The number of hydrogen-bond acceptors (Lipinski definition) is 1. The van der Waals surface area contributed by atoms with Gasteiger partial charge in [-0.15, -0.1) is 0 Å². The molecule has 0 aliphatic rings. The number of aromatic amines is 1. The molecule has 0 fully saturated rings. The molecule has 3 heteroatoms. The van der Waals surface area contributed by atoms with Crippen molar-refractivity contribution in [1.82, 2.24) is 10.3 Å². The van der Waals surface area contributed by atoms with Crippen LogP contribution in [0.15, 0.2) is 54.8 Å². The molecule has 1 aromatic heterocycles. The summed E-state index contributed by atoms with van der Waals surface area (Å²) in [5, 5.41) is 4.34. The van der Waals surface area contributed by atoms with Gasteiger partial charge in [-0.3, -0.25) is 4.79 Å². The lowest BCUT2D eigenvalue weighted by Gasteiger charge is -2.05. The van der Waals surface area contributed by atoms with Crippen molar-refractivity contribution in [3.05, 3.63) is 60.3 Å². The van der Waals surface area contributed by atoms with Crippen molar-refractivity contribution in [2.75, 3.05) is 6.54 Å². The van der Waals surface area contributed by atoms with Crippen molar-refractivity contribution < 1.29 is 4.79 Å². The fourth-order valence-corrected chi connectivity index (χ4v) is 4.57. The van der Waals surface area contributed by atoms with Gasteiger partial charge in [-0.1, -0.05) is 107 Å². The molecular weight excluding hydrogens is 428 g/mol. The van der Waals surface area contributed by atoms with Gasteiger partial charge in [-0.05, 0) is 56.6 Å². The summed E-state index contributed by atoms with van der Waals surface area (Å²) in [5.74, 6) is 0.196. The van der Waals surface area contributed by atoms with Crippen LogP contribution < -0.4 is 5.32 Å². The van der Waals surface area contributed by atoms with E-state index in [-0.39, 0.29) is 5.91 Å². The number of nitrogens with one attached hydrogen (secondary N) is 2. The molecule has 35 heavy (non-hydrogen) atoms. The number of hydrogen-bond donors (Lipinski definition) is 2. The Kier molecular flexibility index (Phi) is 16.5. The molecule has 0 spiro atoms. The van der Waals surface area contributed by atoms with Gasteiger partial charge in [0, 0.05) is 30.1 Å². The number of benzene rings is 1. The Labute approximate surface area is 214 Å². The molecule has 3 nitrogen and oxygen atoms in total. The summed E-state index contributed by atoms with van der Waals surface area (Å²) in [6.45, 7) is 2.97. The molecule has 0 saturated heterocycles. The third kappa shape index (κ3) is 14.0. The minimum atomic E-state index is 0.196. The topological polar surface area (TPSA) is 44.9 Å². The number of amides is 1. The molecule has 0 radical (unpaired) electrons. The standard InChI is InChI=1S/C32H50N2O/c1-2-3-4-5-6-7-8-9-10-11-12-13-14-15-16-17-18-19-20-25-32(35)33-27-26-29-28-34-31-24-22-21-23-30(29)31/h6-7,9-10,21-24,28,34H,2-5,8,11-20,25-27H2,1H3,(H,33,35)/b7-6-,10-9-. The van der Waals surface area contributed by atoms with E-state index in [0.29, 0.717) is 13.0 Å². The van der Waals surface area contributed by atoms with E-state index in [2.05, 4.69) is 65.9 Å². The number of carbonyl (C=O) groups excluding carboxylic acids is 1. The zero-order valence-electron chi connectivity index (χ0n) is 22.3. The van der Waals surface area contributed by atoms with Crippen LogP contribution in [0.2, 0.25) is 0 Å². The Bertz CT molecular complexity index is 848. The first-order chi connectivity index (χ1) is 17.3. The average Bonchev–Trinajstić information content (AvgIpc) is 3.28. The molecule has 0 aliphatic carbocycles. The number of allylic oxidation sites excluding steroid dienone is 4. The molecule has 0 bridgehead atoms. The number of carbonyl (C=O) groups is 1. The van der Waals surface area contributed by atoms with Crippen molar-refractivity contribution in [3.8, 4) is 0 Å². The van der Waals surface area contributed by atoms with Gasteiger partial charge in [0.1, 0.15) is 0 Å². The second kappa shape index (κ2) is 20.0. The van der Waals surface area contributed by atoms with E-state index in [1.807, 2.05) is 6.07 Å². The van der Waals surface area contributed by atoms with Crippen LogP contribution in [0.4, 0.5) is 0 Å². The lowest BCUT2D eigenvalue weighted by atomic mass is 10.1. The summed E-state index contributed by atoms with van der Waals surface area (Å²) in [5.41, 5.74) is 2.44. The minimum Gasteiger partial charge on any atom is -0.361 e. The summed E-state index contributed by atoms with van der Waals surface area (Å²) in [4.78, 5) is 15.4. The first-order valence-corrected chi connectivity index (χ1v) is 14.4. The number of unbranched alkanes of at least 4 members (excludes halogenated alkanes) is 12. The van der Waals surface area contributed by atoms with Crippen LogP contribution in [-0.4, -0.2) is 17.4 Å². The zero-order chi connectivity index (χ0) is 24.8. The summed E-state index contributed by atoms with van der Waals surface area (Å²) in [6, 6.07) is 8.33. The van der Waals surface area contributed by atoms with E-state index in [1.54, 1.807) is 0 Å². The Hall–Kier alpha value is -2.29. The Balaban J connectivity index is 1.32. The van der Waals surface area contributed by atoms with Crippen LogP contribution in [0, 0.1) is 0 Å². The highest BCUT2D eigenvalue weighted by atomic mass is 16.1. The van der Waals surface area contributed by atoms with Crippen LogP contribution in [-0.2, 0) is 11.2 Å². The van der Waals surface area contributed by atoms with E-state index in [9.17, 15) is 4.79 Å². The first-order valence-electron chi connectivity index (χ1n) is 14.4. The van der Waals surface area contributed by atoms with Gasteiger partial charge in [-0.2, -0.15) is 0 Å². The second-order valence-corrected chi connectivity index (χ2v) is 9.85. The third-order valence-electron chi connectivity index (χ3n) is 6.75. The molecular formula is C32H50N2O. The van der Waals surface area contributed by atoms with Gasteiger partial charge in [0.25, 0.3) is 0 Å². The number of aromatic nitrogens is 1. The van der Waals surface area contributed by atoms with Crippen molar-refractivity contribution in [2.24, 2.45) is 0 Å². The van der Waals surface area contributed by atoms with E-state index >= 15 is 0 Å². The first kappa shape index (κ1) is 28.9. The largest absolute Gasteiger partial charge is 0.361 e. The fraction of sp³-hybridized carbons (Fsp3) is 0.594. The third-order valence-corrected chi connectivity index (χ3v) is 6.75. The molecule has 2 aromatic rings. The highest BCUT2D eigenvalue weighted by molar-refractivity contribution is 5.83. The summed E-state index contributed by atoms with van der Waals surface area (Å²) in [6.07, 6.45) is 32.0. The second-order valence-electron chi connectivity index (χ2n) is 9.85. The maximum Gasteiger partial charge on any atom is 0.220 e. The summed E-state index contributed by atoms with van der Waals surface area (Å²) >= 11 is 0. The maximum atomic E-state index is 12.1. The number of para-hydroxylation sites is 1. The molecule has 1 aromatic carbocycles. The Morgan fingerprint density at radius 3 is 2.14 bits per heavy atom. The van der Waals surface area contributed by atoms with Gasteiger partial charge in [0.2, 0.25) is 5.91 Å². The van der Waals surface area contributed by atoms with Gasteiger partial charge < -0.3 is 10.3 Å². The number of rotatable bonds is 21. The van der Waals surface area contributed by atoms with Gasteiger partial charge in [0.15, 0.2) is 0 Å². The molecule has 194 valence electrons. The SMILES string of the molecule is CCCCC/C=C\C/C=C\CCCCCCCCCCCC(=O)NCCc1c[nH]c2ccccc12. The molecule has 0 aliphatic heterocycles. The quantitative estimate of drug-likeness (QED) is 0.136. The predicted octanol–water partition coefficient (Wildman–Crippen LogP) is 9.20. The highest BCUT2D eigenvalue weighted by Crippen LogP contribution is 2.17. The van der Waals surface area contributed by atoms with Crippen LogP contribution in [0.25, 0.3) is 10.9 Å². The monoisotopic (exact) mass is 478 g/mol. The van der Waals surface area contributed by atoms with Gasteiger partial charge >= 0.3 is 0 Å². The average molecular weight is 479 g/mol. The zero-order valence-corrected chi connectivity index (χ0v) is 22.3. The number of H-pyrrole nitrogens is 1. The molecule has 1 amide bonds. The predicted molar refractivity (Wildman–Crippen MR) is 153 cm³/mol. The Morgan fingerprint density at radius 1 is 0.800 bits per heavy atom. The van der Waals surface area contributed by atoms with E-state index in [4.69, 9.17) is 0 Å². The normalized spacial score (nSPS) is 11.8. The molecule has 2 N–H and O–H groups in total. The van der Waals surface area contributed by atoms with Crippen molar-refractivity contribution in [2.45, 2.75) is 116 Å². The van der Waals surface area contributed by atoms with Gasteiger partial charge in [-0.25, -0.2) is 0 Å². The van der Waals surface area contributed by atoms with Crippen LogP contribution in [0.5, 0.6) is 0 Å². The highest BCUT2D eigenvalue weighted by Gasteiger charge is 2.04.